The van der Waals surface area contributed by atoms with E-state index in [9.17, 15) is 5.11 Å². The second-order valence-electron chi connectivity index (χ2n) is 5.60. The SMILES string of the molecule is Cc1nc(C)n(C2CC(C(C)C)CCC2O)n1. The lowest BCUT2D eigenvalue weighted by molar-refractivity contribution is 0.0370. The van der Waals surface area contributed by atoms with Gasteiger partial charge < -0.3 is 5.11 Å². The fourth-order valence-electron chi connectivity index (χ4n) is 2.88. The number of nitrogens with zero attached hydrogens (tertiary/aromatic N) is 3. The Balaban J connectivity index is 2.20. The summed E-state index contributed by atoms with van der Waals surface area (Å²) in [6.45, 7) is 8.39. The van der Waals surface area contributed by atoms with Gasteiger partial charge in [-0.3, -0.25) is 0 Å². The lowest BCUT2D eigenvalue weighted by Crippen LogP contribution is -2.34. The highest BCUT2D eigenvalue weighted by Gasteiger charge is 2.33. The van der Waals surface area contributed by atoms with E-state index in [4.69, 9.17) is 0 Å². The third-order valence-corrected chi connectivity index (χ3v) is 3.99. The maximum Gasteiger partial charge on any atom is 0.147 e. The minimum atomic E-state index is -0.273. The van der Waals surface area contributed by atoms with Gasteiger partial charge >= 0.3 is 0 Å². The molecule has 1 aromatic rings. The van der Waals surface area contributed by atoms with E-state index >= 15 is 0 Å². The fraction of sp³-hybridized carbons (Fsp3) is 0.846. The lowest BCUT2D eigenvalue weighted by Gasteiger charge is -2.35. The first-order valence-corrected chi connectivity index (χ1v) is 6.57. The molecule has 0 aromatic carbocycles. The third kappa shape index (κ3) is 2.51. The van der Waals surface area contributed by atoms with Crippen LogP contribution in [0.5, 0.6) is 0 Å². The molecule has 0 aliphatic heterocycles. The molecule has 17 heavy (non-hydrogen) atoms. The average molecular weight is 237 g/mol. The number of aromatic nitrogens is 3. The summed E-state index contributed by atoms with van der Waals surface area (Å²) in [5.74, 6) is 3.07. The Morgan fingerprint density at radius 3 is 2.53 bits per heavy atom. The first-order chi connectivity index (χ1) is 7.99. The molecule has 0 amide bonds. The Kier molecular flexibility index (Phi) is 3.52. The Hall–Kier alpha value is -0.900. The van der Waals surface area contributed by atoms with Crippen LogP contribution in [-0.2, 0) is 0 Å². The predicted molar refractivity (Wildman–Crippen MR) is 66.7 cm³/mol. The number of hydrogen-bond donors (Lipinski definition) is 1. The van der Waals surface area contributed by atoms with Gasteiger partial charge in [0.1, 0.15) is 11.6 Å². The van der Waals surface area contributed by atoms with E-state index in [1.165, 1.54) is 0 Å². The maximum atomic E-state index is 10.2. The van der Waals surface area contributed by atoms with E-state index in [2.05, 4.69) is 23.9 Å². The highest BCUT2D eigenvalue weighted by atomic mass is 16.3. The normalized spacial score (nSPS) is 29.9. The summed E-state index contributed by atoms with van der Waals surface area (Å²) in [4.78, 5) is 4.33. The van der Waals surface area contributed by atoms with Crippen molar-refractivity contribution >= 4 is 0 Å². The molecule has 96 valence electrons. The van der Waals surface area contributed by atoms with Gasteiger partial charge in [0.05, 0.1) is 12.1 Å². The van der Waals surface area contributed by atoms with Crippen molar-refractivity contribution in [1.82, 2.24) is 14.8 Å². The zero-order valence-electron chi connectivity index (χ0n) is 11.2. The molecule has 4 nitrogen and oxygen atoms in total. The zero-order chi connectivity index (χ0) is 12.6. The second kappa shape index (κ2) is 4.77. The van der Waals surface area contributed by atoms with E-state index in [0.29, 0.717) is 11.8 Å². The van der Waals surface area contributed by atoms with Crippen LogP contribution in [0.1, 0.15) is 50.8 Å². The van der Waals surface area contributed by atoms with Crippen LogP contribution in [0, 0.1) is 25.7 Å². The number of aliphatic hydroxyl groups excluding tert-OH is 1. The summed E-state index contributed by atoms with van der Waals surface area (Å²) in [6, 6.07) is 0.109. The molecule has 0 saturated heterocycles. The molecule has 1 N–H and O–H groups in total. The van der Waals surface area contributed by atoms with E-state index < -0.39 is 0 Å². The second-order valence-corrected chi connectivity index (χ2v) is 5.60. The smallest absolute Gasteiger partial charge is 0.147 e. The Morgan fingerprint density at radius 2 is 2.00 bits per heavy atom. The summed E-state index contributed by atoms with van der Waals surface area (Å²) in [5, 5.41) is 14.6. The highest BCUT2D eigenvalue weighted by Crippen LogP contribution is 2.36. The van der Waals surface area contributed by atoms with Gasteiger partial charge in [-0.25, -0.2) is 9.67 Å². The number of aryl methyl sites for hydroxylation is 2. The standard InChI is InChI=1S/C13H23N3O/c1-8(2)11-5-6-13(17)12(7-11)16-10(4)14-9(3)15-16/h8,11-13,17H,5-7H2,1-4H3. The monoisotopic (exact) mass is 237 g/mol. The van der Waals surface area contributed by atoms with Crippen molar-refractivity contribution in [1.29, 1.82) is 0 Å². The molecule has 3 atom stereocenters. The van der Waals surface area contributed by atoms with Gasteiger partial charge in [0.15, 0.2) is 0 Å². The van der Waals surface area contributed by atoms with Crippen LogP contribution >= 0.6 is 0 Å². The fourth-order valence-corrected chi connectivity index (χ4v) is 2.88. The summed E-state index contributed by atoms with van der Waals surface area (Å²) in [7, 11) is 0. The molecule has 0 bridgehead atoms. The molecule has 2 rings (SSSR count). The van der Waals surface area contributed by atoms with Crippen LogP contribution in [0.2, 0.25) is 0 Å². The highest BCUT2D eigenvalue weighted by molar-refractivity contribution is 4.94. The minimum Gasteiger partial charge on any atom is -0.391 e. The lowest BCUT2D eigenvalue weighted by atomic mass is 9.78. The predicted octanol–water partition coefficient (Wildman–Crippen LogP) is 2.25. The van der Waals surface area contributed by atoms with Gasteiger partial charge in [0.25, 0.3) is 0 Å². The molecule has 1 saturated carbocycles. The van der Waals surface area contributed by atoms with Crippen molar-refractivity contribution in [2.24, 2.45) is 11.8 Å². The van der Waals surface area contributed by atoms with Crippen LogP contribution in [0.3, 0.4) is 0 Å². The van der Waals surface area contributed by atoms with Crippen molar-refractivity contribution in [2.45, 2.75) is 59.1 Å². The van der Waals surface area contributed by atoms with Gasteiger partial charge in [-0.05, 0) is 44.9 Å². The molecule has 0 spiro atoms. The van der Waals surface area contributed by atoms with Gasteiger partial charge in [0, 0.05) is 0 Å². The molecule has 4 heteroatoms. The molecule has 1 heterocycles. The van der Waals surface area contributed by atoms with Crippen molar-refractivity contribution in [3.05, 3.63) is 11.6 Å². The Morgan fingerprint density at radius 1 is 1.29 bits per heavy atom. The zero-order valence-corrected chi connectivity index (χ0v) is 11.2. The quantitative estimate of drug-likeness (QED) is 0.858. The minimum absolute atomic E-state index is 0.109. The van der Waals surface area contributed by atoms with Crippen molar-refractivity contribution in [2.75, 3.05) is 0 Å². The van der Waals surface area contributed by atoms with Crippen molar-refractivity contribution in [3.63, 3.8) is 0 Å². The molecule has 1 aromatic heterocycles. The summed E-state index contributed by atoms with van der Waals surface area (Å²) in [6.07, 6.45) is 2.75. The maximum absolute atomic E-state index is 10.2. The van der Waals surface area contributed by atoms with Gasteiger partial charge in [-0.2, -0.15) is 5.10 Å². The topological polar surface area (TPSA) is 50.9 Å². The average Bonchev–Trinajstić information content (AvgIpc) is 2.58. The Labute approximate surface area is 103 Å². The summed E-state index contributed by atoms with van der Waals surface area (Å²) in [5.41, 5.74) is 0. The van der Waals surface area contributed by atoms with E-state index in [0.717, 1.165) is 30.9 Å². The van der Waals surface area contributed by atoms with E-state index in [-0.39, 0.29) is 12.1 Å². The molecule has 1 aliphatic rings. The summed E-state index contributed by atoms with van der Waals surface area (Å²) < 4.78 is 1.93. The van der Waals surface area contributed by atoms with E-state index in [1.54, 1.807) is 0 Å². The van der Waals surface area contributed by atoms with Crippen LogP contribution < -0.4 is 0 Å². The molecule has 1 aliphatic carbocycles. The van der Waals surface area contributed by atoms with Crippen LogP contribution in [0.25, 0.3) is 0 Å². The molecule has 0 radical (unpaired) electrons. The first-order valence-electron chi connectivity index (χ1n) is 6.57. The number of aliphatic hydroxyl groups is 1. The number of rotatable bonds is 2. The summed E-state index contributed by atoms with van der Waals surface area (Å²) >= 11 is 0. The van der Waals surface area contributed by atoms with Crippen molar-refractivity contribution in [3.8, 4) is 0 Å². The van der Waals surface area contributed by atoms with Crippen LogP contribution in [-0.4, -0.2) is 26.0 Å². The Bertz CT molecular complexity index is 386. The van der Waals surface area contributed by atoms with Gasteiger partial charge in [-0.15, -0.1) is 0 Å². The molecular weight excluding hydrogens is 214 g/mol. The molecule has 1 fully saturated rings. The van der Waals surface area contributed by atoms with Gasteiger partial charge in [-0.1, -0.05) is 13.8 Å². The third-order valence-electron chi connectivity index (χ3n) is 3.99. The largest absolute Gasteiger partial charge is 0.391 e. The van der Waals surface area contributed by atoms with Gasteiger partial charge in [0.2, 0.25) is 0 Å². The van der Waals surface area contributed by atoms with Crippen molar-refractivity contribution < 1.29 is 5.11 Å². The van der Waals surface area contributed by atoms with Crippen LogP contribution in [0.4, 0.5) is 0 Å². The molecule has 3 unspecified atom stereocenters. The first kappa shape index (κ1) is 12.6. The van der Waals surface area contributed by atoms with E-state index in [1.807, 2.05) is 18.5 Å². The number of hydrogen-bond acceptors (Lipinski definition) is 3. The van der Waals surface area contributed by atoms with Crippen LogP contribution in [0.15, 0.2) is 0 Å². The molecular formula is C13H23N3O.